The molecule has 0 spiro atoms. The fourth-order valence-corrected chi connectivity index (χ4v) is 1.13. The lowest BCUT2D eigenvalue weighted by atomic mass is 10.2. The molecule has 78 valence electrons. The predicted molar refractivity (Wildman–Crippen MR) is 48.3 cm³/mol. The third kappa shape index (κ3) is 2.65. The lowest BCUT2D eigenvalue weighted by molar-refractivity contribution is -0.158. The molecule has 0 aliphatic carbocycles. The molecule has 0 aromatic rings. The summed E-state index contributed by atoms with van der Waals surface area (Å²) in [4.78, 5) is 22.4. The zero-order valence-corrected chi connectivity index (χ0v) is 7.91. The Balaban J connectivity index is 2.42. The maximum atomic E-state index is 11.4. The fraction of sp³-hybridized carbons (Fsp3) is 0.556. The normalized spacial score (nSPS) is 26.8. The van der Waals surface area contributed by atoms with Crippen LogP contribution in [0.2, 0.25) is 0 Å². The standard InChI is InChI=1S/C9H13NO4/c1-5(2)8(12)14-9(13)7-3-6(11)4-10-7/h6-7,10-11H,1,3-4H2,2H3/t6-,7+/m1/s1/i11D. The van der Waals surface area contributed by atoms with Crippen molar-refractivity contribution < 1.29 is 19.4 Å². The molecule has 1 rings (SSSR count). The summed E-state index contributed by atoms with van der Waals surface area (Å²) >= 11 is 0. The minimum atomic E-state index is -0.725. The highest BCUT2D eigenvalue weighted by atomic mass is 16.6. The molecular weight excluding hydrogens is 186 g/mol. The number of aliphatic hydroxyl groups excluding tert-OH is 1. The number of carbonyl (C=O) groups excluding carboxylic acids is 2. The Morgan fingerprint density at radius 2 is 2.43 bits per heavy atom. The molecule has 2 atom stereocenters. The van der Waals surface area contributed by atoms with Crippen molar-refractivity contribution in [1.82, 2.24) is 5.32 Å². The van der Waals surface area contributed by atoms with E-state index in [1.54, 1.807) is 0 Å². The van der Waals surface area contributed by atoms with Gasteiger partial charge in [-0.25, -0.2) is 9.59 Å². The van der Waals surface area contributed by atoms with Gasteiger partial charge in [0.15, 0.2) is 0 Å². The highest BCUT2D eigenvalue weighted by Crippen LogP contribution is 2.08. The van der Waals surface area contributed by atoms with E-state index < -0.39 is 18.0 Å². The maximum absolute atomic E-state index is 11.4. The van der Waals surface area contributed by atoms with Crippen LogP contribution in [0, 0.1) is 0 Å². The molecule has 1 aliphatic rings. The Morgan fingerprint density at radius 1 is 1.71 bits per heavy atom. The molecule has 5 heteroatoms. The van der Waals surface area contributed by atoms with Gasteiger partial charge in [0.1, 0.15) is 6.04 Å². The lowest BCUT2D eigenvalue weighted by Crippen LogP contribution is -2.33. The van der Waals surface area contributed by atoms with Crippen LogP contribution >= 0.6 is 0 Å². The fourth-order valence-electron chi connectivity index (χ4n) is 1.13. The van der Waals surface area contributed by atoms with E-state index in [-0.39, 0.29) is 11.7 Å². The first-order chi connectivity index (χ1) is 7.04. The van der Waals surface area contributed by atoms with Gasteiger partial charge in [0, 0.05) is 18.5 Å². The van der Waals surface area contributed by atoms with Crippen molar-refractivity contribution in [3.63, 3.8) is 0 Å². The molecule has 0 saturated carbocycles. The minimum Gasteiger partial charge on any atom is -0.392 e. The Bertz CT molecular complexity index is 292. The summed E-state index contributed by atoms with van der Waals surface area (Å²) in [6.07, 6.45) is 0.00805. The van der Waals surface area contributed by atoms with E-state index in [0.717, 1.165) is 0 Å². The van der Waals surface area contributed by atoms with Crippen molar-refractivity contribution in [2.75, 3.05) is 6.54 Å². The molecule has 0 amide bonds. The largest absolute Gasteiger partial charge is 0.392 e. The number of esters is 2. The molecule has 2 N–H and O–H groups in total. The van der Waals surface area contributed by atoms with Gasteiger partial charge in [0.05, 0.1) is 6.10 Å². The topological polar surface area (TPSA) is 75.6 Å². The molecule has 0 aromatic carbocycles. The highest BCUT2D eigenvalue weighted by Gasteiger charge is 2.30. The average Bonchev–Trinajstić information content (AvgIpc) is 2.65. The first kappa shape index (κ1) is 9.36. The number of nitrogens with one attached hydrogen (secondary N) is 1. The summed E-state index contributed by atoms with van der Waals surface area (Å²) in [5.41, 5.74) is 0.176. The number of hydrogen-bond acceptors (Lipinski definition) is 5. The van der Waals surface area contributed by atoms with Crippen LogP contribution in [-0.4, -0.2) is 37.2 Å². The zero-order valence-electron chi connectivity index (χ0n) is 8.91. The first-order valence-corrected chi connectivity index (χ1v) is 4.31. The molecule has 1 aliphatic heterocycles. The predicted octanol–water partition coefficient (Wildman–Crippen LogP) is -0.645. The van der Waals surface area contributed by atoms with Crippen LogP contribution < -0.4 is 5.32 Å². The third-order valence-corrected chi connectivity index (χ3v) is 1.92. The number of β-amino-alcohol motifs (C(OH)–C–C–N with tert-alkyl or cyclic N) is 1. The molecule has 1 heterocycles. The van der Waals surface area contributed by atoms with E-state index in [4.69, 9.17) is 1.43 Å². The highest BCUT2D eigenvalue weighted by molar-refractivity contribution is 5.96. The molecular formula is C9H13NO4. The van der Waals surface area contributed by atoms with Gasteiger partial charge in [-0.1, -0.05) is 6.58 Å². The SMILES string of the molecule is [2H]O[C@H]1CN[C@H](C(=O)OC(=O)C(=C)C)C1. The summed E-state index contributed by atoms with van der Waals surface area (Å²) in [7, 11) is 0. The Kier molecular flexibility index (Phi) is 2.90. The second kappa shape index (κ2) is 4.34. The molecule has 1 fully saturated rings. The lowest BCUT2D eigenvalue weighted by Gasteiger charge is -2.07. The van der Waals surface area contributed by atoms with Gasteiger partial charge in [-0.3, -0.25) is 0 Å². The molecule has 0 aromatic heterocycles. The molecule has 1 saturated heterocycles. The maximum Gasteiger partial charge on any atom is 0.340 e. The quantitative estimate of drug-likeness (QED) is 0.360. The van der Waals surface area contributed by atoms with Gasteiger partial charge in [0.2, 0.25) is 1.43 Å². The van der Waals surface area contributed by atoms with E-state index in [9.17, 15) is 9.59 Å². The Hall–Kier alpha value is -1.20. The number of hydrogen-bond donors (Lipinski definition) is 2. The van der Waals surface area contributed by atoms with Gasteiger partial charge in [-0.15, -0.1) is 0 Å². The molecule has 0 unspecified atom stereocenters. The van der Waals surface area contributed by atoms with E-state index in [2.05, 4.69) is 21.7 Å². The monoisotopic (exact) mass is 200 g/mol. The minimum absolute atomic E-state index is 0.176. The second-order valence-corrected chi connectivity index (χ2v) is 3.31. The zero-order chi connectivity index (χ0) is 11.4. The van der Waals surface area contributed by atoms with Crippen molar-refractivity contribution in [2.24, 2.45) is 0 Å². The van der Waals surface area contributed by atoms with Gasteiger partial charge in [-0.05, 0) is 6.92 Å². The van der Waals surface area contributed by atoms with Crippen LogP contribution in [0.25, 0.3) is 0 Å². The molecule has 14 heavy (non-hydrogen) atoms. The van der Waals surface area contributed by atoms with Gasteiger partial charge in [0.25, 0.3) is 0 Å². The van der Waals surface area contributed by atoms with Crippen LogP contribution in [0.4, 0.5) is 0 Å². The van der Waals surface area contributed by atoms with Crippen molar-refractivity contribution in [3.8, 4) is 0 Å². The summed E-state index contributed by atoms with van der Waals surface area (Å²) in [6.45, 7) is 5.24. The van der Waals surface area contributed by atoms with Crippen LogP contribution in [0.5, 0.6) is 0 Å². The molecule has 0 bridgehead atoms. The van der Waals surface area contributed by atoms with E-state index in [1.165, 1.54) is 6.92 Å². The second-order valence-electron chi connectivity index (χ2n) is 3.31. The van der Waals surface area contributed by atoms with Crippen LogP contribution in [0.3, 0.4) is 0 Å². The van der Waals surface area contributed by atoms with E-state index in [0.29, 0.717) is 13.0 Å². The Labute approximate surface area is 83.2 Å². The van der Waals surface area contributed by atoms with Crippen molar-refractivity contribution >= 4 is 11.9 Å². The van der Waals surface area contributed by atoms with Crippen LogP contribution in [0.15, 0.2) is 12.2 Å². The van der Waals surface area contributed by atoms with E-state index in [1.807, 2.05) is 0 Å². The van der Waals surface area contributed by atoms with Gasteiger partial charge < -0.3 is 15.2 Å². The number of carbonyl (C=O) groups is 2. The number of ether oxygens (including phenoxy) is 1. The van der Waals surface area contributed by atoms with Gasteiger partial charge in [-0.2, -0.15) is 0 Å². The van der Waals surface area contributed by atoms with Crippen molar-refractivity contribution in [3.05, 3.63) is 12.2 Å². The van der Waals surface area contributed by atoms with Crippen LogP contribution in [0.1, 0.15) is 13.3 Å². The first-order valence-electron chi connectivity index (χ1n) is 4.72. The Morgan fingerprint density at radius 3 is 2.93 bits per heavy atom. The number of rotatable bonds is 3. The molecule has 0 radical (unpaired) electrons. The average molecular weight is 200 g/mol. The van der Waals surface area contributed by atoms with Crippen molar-refractivity contribution in [2.45, 2.75) is 25.5 Å². The number of aliphatic hydroxyl groups is 1. The molecule has 5 nitrogen and oxygen atoms in total. The van der Waals surface area contributed by atoms with Gasteiger partial charge >= 0.3 is 11.9 Å². The summed E-state index contributed by atoms with van der Waals surface area (Å²) in [5.74, 6) is -1.38. The summed E-state index contributed by atoms with van der Waals surface area (Å²) < 4.78 is 11.2. The van der Waals surface area contributed by atoms with E-state index >= 15 is 0 Å². The summed E-state index contributed by atoms with van der Waals surface area (Å²) in [5, 5.41) is 7.12. The van der Waals surface area contributed by atoms with Crippen LogP contribution in [-0.2, 0) is 14.3 Å². The van der Waals surface area contributed by atoms with Crippen molar-refractivity contribution in [1.29, 1.82) is 1.43 Å². The smallest absolute Gasteiger partial charge is 0.340 e. The summed E-state index contributed by atoms with van der Waals surface area (Å²) in [6, 6.07) is -0.580. The third-order valence-electron chi connectivity index (χ3n) is 1.92.